The summed E-state index contributed by atoms with van der Waals surface area (Å²) in [5.41, 5.74) is 6.56. The Labute approximate surface area is 279 Å². The molecule has 0 aliphatic heterocycles. The maximum Gasteiger partial charge on any atom is 0.164 e. The first-order valence-corrected chi connectivity index (χ1v) is 16.8. The molecule has 0 saturated heterocycles. The van der Waals surface area contributed by atoms with Crippen LogP contribution in [0.15, 0.2) is 156 Å². The first-order valence-electron chi connectivity index (χ1n) is 15.9. The SMILES string of the molecule is c1ccc(-c2nc(-c3ccccc3)nc(-c3ccc(-c4ccc5cc6c(cc5c4)sc4ccccc46)c4oc5ccccc5c34)n2)cc1. The number of aromatic nitrogens is 3. The summed E-state index contributed by atoms with van der Waals surface area (Å²) in [6, 6.07) is 52.7. The van der Waals surface area contributed by atoms with Crippen LogP contribution in [0.4, 0.5) is 0 Å². The number of rotatable bonds is 4. The molecule has 10 aromatic rings. The van der Waals surface area contributed by atoms with Gasteiger partial charge in [0.1, 0.15) is 11.2 Å². The highest BCUT2D eigenvalue weighted by Crippen LogP contribution is 2.43. The Bertz CT molecular complexity index is 2780. The highest BCUT2D eigenvalue weighted by atomic mass is 32.1. The van der Waals surface area contributed by atoms with Crippen LogP contribution in [0.1, 0.15) is 0 Å². The van der Waals surface area contributed by atoms with Crippen molar-refractivity contribution in [1.29, 1.82) is 0 Å². The van der Waals surface area contributed by atoms with E-state index in [9.17, 15) is 0 Å². The van der Waals surface area contributed by atoms with Crippen molar-refractivity contribution in [2.45, 2.75) is 0 Å². The van der Waals surface area contributed by atoms with Gasteiger partial charge in [0.15, 0.2) is 17.5 Å². The lowest BCUT2D eigenvalue weighted by Gasteiger charge is -2.11. The van der Waals surface area contributed by atoms with Crippen molar-refractivity contribution in [2.75, 3.05) is 0 Å². The summed E-state index contributed by atoms with van der Waals surface area (Å²) in [6.07, 6.45) is 0. The van der Waals surface area contributed by atoms with Crippen LogP contribution in [-0.2, 0) is 0 Å². The van der Waals surface area contributed by atoms with Crippen molar-refractivity contribution in [1.82, 2.24) is 15.0 Å². The van der Waals surface area contributed by atoms with Crippen LogP contribution >= 0.6 is 11.3 Å². The zero-order valence-electron chi connectivity index (χ0n) is 25.6. The molecule has 0 spiro atoms. The Morgan fingerprint density at radius 2 is 1.06 bits per heavy atom. The Morgan fingerprint density at radius 3 is 1.83 bits per heavy atom. The largest absolute Gasteiger partial charge is 0.455 e. The van der Waals surface area contributed by atoms with Gasteiger partial charge in [-0.05, 0) is 58.8 Å². The van der Waals surface area contributed by atoms with Crippen LogP contribution in [0.5, 0.6) is 0 Å². The maximum atomic E-state index is 6.68. The Hall–Kier alpha value is -6.17. The predicted octanol–water partition coefficient (Wildman–Crippen LogP) is 12.0. The molecule has 48 heavy (non-hydrogen) atoms. The number of benzene rings is 7. The third kappa shape index (κ3) is 4.33. The Morgan fingerprint density at radius 1 is 0.417 bits per heavy atom. The van der Waals surface area contributed by atoms with Gasteiger partial charge in [-0.15, -0.1) is 11.3 Å². The molecule has 0 aliphatic rings. The Balaban J connectivity index is 1.20. The highest BCUT2D eigenvalue weighted by molar-refractivity contribution is 7.25. The van der Waals surface area contributed by atoms with Crippen molar-refractivity contribution in [3.05, 3.63) is 152 Å². The normalized spacial score (nSPS) is 11.8. The number of hydrogen-bond acceptors (Lipinski definition) is 5. The van der Waals surface area contributed by atoms with E-state index in [1.54, 1.807) is 0 Å². The molecule has 7 aromatic carbocycles. The van der Waals surface area contributed by atoms with E-state index in [1.165, 1.54) is 30.9 Å². The number of furan rings is 1. The fraction of sp³-hybridized carbons (Fsp3) is 0. The quantitative estimate of drug-likeness (QED) is 0.194. The molecule has 3 aromatic heterocycles. The van der Waals surface area contributed by atoms with Crippen molar-refractivity contribution < 1.29 is 4.42 Å². The molecule has 5 heteroatoms. The minimum atomic E-state index is 0.608. The van der Waals surface area contributed by atoms with Gasteiger partial charge < -0.3 is 4.42 Å². The van der Waals surface area contributed by atoms with Crippen LogP contribution in [0.25, 0.3) is 98.2 Å². The van der Waals surface area contributed by atoms with Crippen molar-refractivity contribution in [3.63, 3.8) is 0 Å². The standard InChI is InChI=1S/C43H25N3OS/c1-3-11-26(12-4-1)41-44-42(27-13-5-2-6-14-27)46-43(45-41)34-22-21-31(40-39(34)33-16-7-9-17-36(33)47-40)29-20-19-28-24-35-32-15-8-10-18-37(32)48-38(35)25-30(28)23-29/h1-25H. The van der Waals surface area contributed by atoms with E-state index in [-0.39, 0.29) is 0 Å². The summed E-state index contributed by atoms with van der Waals surface area (Å²) >= 11 is 1.84. The molecule has 10 rings (SSSR count). The van der Waals surface area contributed by atoms with Crippen molar-refractivity contribution in [3.8, 4) is 45.3 Å². The molecule has 4 nitrogen and oxygen atoms in total. The minimum absolute atomic E-state index is 0.608. The summed E-state index contributed by atoms with van der Waals surface area (Å²) in [6.45, 7) is 0. The van der Waals surface area contributed by atoms with E-state index in [0.29, 0.717) is 17.5 Å². The molecule has 0 saturated carbocycles. The fourth-order valence-corrected chi connectivity index (χ4v) is 7.94. The topological polar surface area (TPSA) is 51.8 Å². The first-order chi connectivity index (χ1) is 23.8. The number of fused-ring (bicyclic) bond motifs is 7. The van der Waals surface area contributed by atoms with Gasteiger partial charge in [0.05, 0.1) is 0 Å². The van der Waals surface area contributed by atoms with Gasteiger partial charge in [-0.3, -0.25) is 0 Å². The molecule has 0 amide bonds. The number of nitrogens with zero attached hydrogens (tertiary/aromatic N) is 3. The van der Waals surface area contributed by atoms with Crippen LogP contribution < -0.4 is 0 Å². The first kappa shape index (κ1) is 27.0. The van der Waals surface area contributed by atoms with E-state index in [1.807, 2.05) is 84.1 Å². The molecule has 0 atom stereocenters. The second kappa shape index (κ2) is 10.7. The van der Waals surface area contributed by atoms with Crippen molar-refractivity contribution in [2.24, 2.45) is 0 Å². The summed E-state index contributed by atoms with van der Waals surface area (Å²) in [7, 11) is 0. The molecule has 0 radical (unpaired) electrons. The number of thiophene rings is 1. The molecule has 0 unspecified atom stereocenters. The minimum Gasteiger partial charge on any atom is -0.455 e. The molecule has 3 heterocycles. The molecule has 0 fully saturated rings. The molecule has 224 valence electrons. The fourth-order valence-electron chi connectivity index (χ4n) is 6.81. The summed E-state index contributed by atoms with van der Waals surface area (Å²) in [5.74, 6) is 1.87. The van der Waals surface area contributed by atoms with Gasteiger partial charge in [0.2, 0.25) is 0 Å². The molecular weight excluding hydrogens is 607 g/mol. The average Bonchev–Trinajstić information content (AvgIpc) is 3.72. The van der Waals surface area contributed by atoms with E-state index in [2.05, 4.69) is 78.9 Å². The summed E-state index contributed by atoms with van der Waals surface area (Å²) in [5, 5.41) is 7.07. The Kier molecular flexibility index (Phi) is 6.01. The zero-order chi connectivity index (χ0) is 31.6. The highest BCUT2D eigenvalue weighted by Gasteiger charge is 2.21. The lowest BCUT2D eigenvalue weighted by molar-refractivity contribution is 0.670. The summed E-state index contributed by atoms with van der Waals surface area (Å²) < 4.78 is 9.29. The van der Waals surface area contributed by atoms with E-state index in [4.69, 9.17) is 19.4 Å². The van der Waals surface area contributed by atoms with E-state index < -0.39 is 0 Å². The third-order valence-electron chi connectivity index (χ3n) is 9.11. The predicted molar refractivity (Wildman–Crippen MR) is 199 cm³/mol. The zero-order valence-corrected chi connectivity index (χ0v) is 26.4. The second-order valence-corrected chi connectivity index (χ2v) is 13.1. The van der Waals surface area contributed by atoms with Gasteiger partial charge in [0.25, 0.3) is 0 Å². The molecule has 0 bridgehead atoms. The van der Waals surface area contributed by atoms with E-state index >= 15 is 0 Å². The maximum absolute atomic E-state index is 6.68. The average molecular weight is 632 g/mol. The van der Waals surface area contributed by atoms with Crippen molar-refractivity contribution >= 4 is 64.2 Å². The van der Waals surface area contributed by atoms with Crippen LogP contribution in [0, 0.1) is 0 Å². The molecule has 0 N–H and O–H groups in total. The van der Waals surface area contributed by atoms with Gasteiger partial charge in [0, 0.05) is 53.2 Å². The van der Waals surface area contributed by atoms with Gasteiger partial charge in [-0.1, -0.05) is 109 Å². The van der Waals surface area contributed by atoms with Crippen LogP contribution in [0.3, 0.4) is 0 Å². The number of hydrogen-bond donors (Lipinski definition) is 0. The van der Waals surface area contributed by atoms with Gasteiger partial charge >= 0.3 is 0 Å². The third-order valence-corrected chi connectivity index (χ3v) is 10.2. The monoisotopic (exact) mass is 631 g/mol. The summed E-state index contributed by atoms with van der Waals surface area (Å²) in [4.78, 5) is 15.0. The lowest BCUT2D eigenvalue weighted by Crippen LogP contribution is -2.00. The van der Waals surface area contributed by atoms with Crippen LogP contribution in [-0.4, -0.2) is 15.0 Å². The number of para-hydroxylation sites is 1. The van der Waals surface area contributed by atoms with Gasteiger partial charge in [-0.25, -0.2) is 15.0 Å². The molecule has 0 aliphatic carbocycles. The van der Waals surface area contributed by atoms with Gasteiger partial charge in [-0.2, -0.15) is 0 Å². The second-order valence-electron chi connectivity index (χ2n) is 12.0. The smallest absolute Gasteiger partial charge is 0.164 e. The van der Waals surface area contributed by atoms with Crippen LogP contribution in [0.2, 0.25) is 0 Å². The molecular formula is C43H25N3OS. The van der Waals surface area contributed by atoms with E-state index in [0.717, 1.165) is 49.8 Å². The lowest BCUT2D eigenvalue weighted by atomic mass is 9.96.